The van der Waals surface area contributed by atoms with E-state index in [2.05, 4.69) is 73.5 Å². The zero-order chi connectivity index (χ0) is 14.4. The molecule has 1 aromatic heterocycles. The number of hydrogen-bond acceptors (Lipinski definition) is 2. The Labute approximate surface area is 122 Å². The molecule has 0 aliphatic rings. The molecule has 0 spiro atoms. The Morgan fingerprint density at radius 2 is 1.70 bits per heavy atom. The molecule has 1 aromatic carbocycles. The van der Waals surface area contributed by atoms with Crippen molar-refractivity contribution in [2.24, 2.45) is 5.92 Å². The molecule has 0 saturated heterocycles. The molecule has 0 fully saturated rings. The highest BCUT2D eigenvalue weighted by atomic mass is 15.0. The van der Waals surface area contributed by atoms with Crippen LogP contribution < -0.4 is 5.32 Å². The fraction of sp³-hybridized carbons (Fsp3) is 0.389. The number of pyridine rings is 1. The van der Waals surface area contributed by atoms with E-state index in [1.165, 1.54) is 5.56 Å². The van der Waals surface area contributed by atoms with Gasteiger partial charge in [-0.2, -0.15) is 0 Å². The van der Waals surface area contributed by atoms with Gasteiger partial charge in [0.05, 0.1) is 11.7 Å². The maximum absolute atomic E-state index is 4.54. The third kappa shape index (κ3) is 3.67. The van der Waals surface area contributed by atoms with Gasteiger partial charge in [0.15, 0.2) is 0 Å². The number of nitrogens with one attached hydrogen (secondary N) is 1. The van der Waals surface area contributed by atoms with Gasteiger partial charge in [0.1, 0.15) is 0 Å². The minimum Gasteiger partial charge on any atom is -0.302 e. The van der Waals surface area contributed by atoms with Gasteiger partial charge >= 0.3 is 0 Å². The lowest BCUT2D eigenvalue weighted by atomic mass is 9.96. The molecule has 2 nitrogen and oxygen atoms in total. The van der Waals surface area contributed by atoms with Crippen LogP contribution in [0, 0.1) is 5.92 Å². The monoisotopic (exact) mass is 268 g/mol. The van der Waals surface area contributed by atoms with Crippen molar-refractivity contribution >= 4 is 0 Å². The average Bonchev–Trinajstić information content (AvgIpc) is 2.50. The Balaban J connectivity index is 2.30. The van der Waals surface area contributed by atoms with Gasteiger partial charge < -0.3 is 5.32 Å². The van der Waals surface area contributed by atoms with Crippen molar-refractivity contribution in [1.82, 2.24) is 10.3 Å². The molecule has 2 aromatic rings. The van der Waals surface area contributed by atoms with E-state index < -0.39 is 0 Å². The minimum absolute atomic E-state index is 0.157. The van der Waals surface area contributed by atoms with Crippen molar-refractivity contribution in [2.75, 3.05) is 0 Å². The molecular formula is C18H24N2. The van der Waals surface area contributed by atoms with E-state index in [-0.39, 0.29) is 6.04 Å². The number of rotatable bonds is 6. The Morgan fingerprint density at radius 1 is 1.00 bits per heavy atom. The van der Waals surface area contributed by atoms with Gasteiger partial charge in [0, 0.05) is 12.2 Å². The Morgan fingerprint density at radius 3 is 2.25 bits per heavy atom. The van der Waals surface area contributed by atoms with Crippen LogP contribution in [0.25, 0.3) is 0 Å². The first kappa shape index (κ1) is 14.7. The SMILES string of the molecule is CCC(NC(c1ccccc1)c1ccccn1)C(C)C. The molecule has 0 aliphatic heterocycles. The van der Waals surface area contributed by atoms with Crippen molar-refractivity contribution in [3.63, 3.8) is 0 Å². The third-order valence-corrected chi connectivity index (χ3v) is 3.74. The molecule has 0 aliphatic carbocycles. The van der Waals surface area contributed by atoms with Gasteiger partial charge in [0.25, 0.3) is 0 Å². The van der Waals surface area contributed by atoms with Crippen LogP contribution in [0.15, 0.2) is 54.7 Å². The van der Waals surface area contributed by atoms with Crippen molar-refractivity contribution < 1.29 is 0 Å². The molecule has 0 radical (unpaired) electrons. The largest absolute Gasteiger partial charge is 0.302 e. The summed E-state index contributed by atoms with van der Waals surface area (Å²) in [5.74, 6) is 0.606. The van der Waals surface area contributed by atoms with Crippen LogP contribution in [0.3, 0.4) is 0 Å². The quantitative estimate of drug-likeness (QED) is 0.849. The van der Waals surface area contributed by atoms with Crippen molar-refractivity contribution in [1.29, 1.82) is 0 Å². The number of nitrogens with zero attached hydrogens (tertiary/aromatic N) is 1. The van der Waals surface area contributed by atoms with Gasteiger partial charge in [-0.15, -0.1) is 0 Å². The minimum atomic E-state index is 0.157. The first-order chi connectivity index (χ1) is 9.72. The van der Waals surface area contributed by atoms with Crippen molar-refractivity contribution in [3.8, 4) is 0 Å². The van der Waals surface area contributed by atoms with Crippen molar-refractivity contribution in [3.05, 3.63) is 66.0 Å². The fourth-order valence-electron chi connectivity index (χ4n) is 2.54. The zero-order valence-corrected chi connectivity index (χ0v) is 12.6. The van der Waals surface area contributed by atoms with Gasteiger partial charge in [-0.25, -0.2) is 0 Å². The standard InChI is InChI=1S/C18H24N2/c1-4-16(14(2)3)20-18(15-10-6-5-7-11-15)17-12-8-9-13-19-17/h5-14,16,18,20H,4H2,1-3H3. The second-order valence-electron chi connectivity index (χ2n) is 5.52. The summed E-state index contributed by atoms with van der Waals surface area (Å²) in [5.41, 5.74) is 2.35. The molecule has 1 N–H and O–H groups in total. The molecule has 2 rings (SSSR count). The molecule has 2 atom stereocenters. The summed E-state index contributed by atoms with van der Waals surface area (Å²) in [6.45, 7) is 6.77. The summed E-state index contributed by atoms with van der Waals surface area (Å²) in [6.07, 6.45) is 2.98. The molecule has 2 heteroatoms. The van der Waals surface area contributed by atoms with E-state index in [4.69, 9.17) is 0 Å². The zero-order valence-electron chi connectivity index (χ0n) is 12.6. The third-order valence-electron chi connectivity index (χ3n) is 3.74. The normalized spacial score (nSPS) is 14.2. The van der Waals surface area contributed by atoms with E-state index in [9.17, 15) is 0 Å². The maximum atomic E-state index is 4.54. The summed E-state index contributed by atoms with van der Waals surface area (Å²) in [7, 11) is 0. The Hall–Kier alpha value is -1.67. The molecule has 2 unspecified atom stereocenters. The fourth-order valence-corrected chi connectivity index (χ4v) is 2.54. The van der Waals surface area contributed by atoms with Crippen LogP contribution in [-0.4, -0.2) is 11.0 Å². The van der Waals surface area contributed by atoms with Crippen molar-refractivity contribution in [2.45, 2.75) is 39.3 Å². The van der Waals surface area contributed by atoms with Gasteiger partial charge in [-0.1, -0.05) is 57.2 Å². The Bertz CT molecular complexity index is 454. The predicted octanol–water partition coefficient (Wildman–Crippen LogP) is 4.20. The summed E-state index contributed by atoms with van der Waals surface area (Å²) < 4.78 is 0. The summed E-state index contributed by atoms with van der Waals surface area (Å²) in [5, 5.41) is 3.77. The van der Waals surface area contributed by atoms with Gasteiger partial charge in [-0.05, 0) is 30.0 Å². The van der Waals surface area contributed by atoms with E-state index in [1.807, 2.05) is 12.3 Å². The van der Waals surface area contributed by atoms with E-state index >= 15 is 0 Å². The van der Waals surface area contributed by atoms with Gasteiger partial charge in [-0.3, -0.25) is 4.98 Å². The highest BCUT2D eigenvalue weighted by Gasteiger charge is 2.20. The summed E-state index contributed by atoms with van der Waals surface area (Å²) in [6, 6.07) is 17.3. The van der Waals surface area contributed by atoms with Crippen LogP contribution >= 0.6 is 0 Å². The topological polar surface area (TPSA) is 24.9 Å². The van der Waals surface area contributed by atoms with Crippen LogP contribution in [0.1, 0.15) is 44.5 Å². The first-order valence-electron chi connectivity index (χ1n) is 7.44. The maximum Gasteiger partial charge on any atom is 0.0753 e. The van der Waals surface area contributed by atoms with Crippen LogP contribution in [0.5, 0.6) is 0 Å². The number of hydrogen-bond donors (Lipinski definition) is 1. The molecule has 20 heavy (non-hydrogen) atoms. The smallest absolute Gasteiger partial charge is 0.0753 e. The summed E-state index contributed by atoms with van der Waals surface area (Å²) >= 11 is 0. The molecule has 0 bridgehead atoms. The van der Waals surface area contributed by atoms with Gasteiger partial charge in [0.2, 0.25) is 0 Å². The second-order valence-corrected chi connectivity index (χ2v) is 5.52. The molecule has 0 saturated carbocycles. The lowest BCUT2D eigenvalue weighted by Crippen LogP contribution is -2.37. The molecular weight excluding hydrogens is 244 g/mol. The second kappa shape index (κ2) is 7.20. The number of benzene rings is 1. The highest BCUT2D eigenvalue weighted by Crippen LogP contribution is 2.22. The average molecular weight is 268 g/mol. The first-order valence-corrected chi connectivity index (χ1v) is 7.44. The van der Waals surface area contributed by atoms with E-state index in [1.54, 1.807) is 0 Å². The lowest BCUT2D eigenvalue weighted by Gasteiger charge is -2.27. The molecule has 1 heterocycles. The van der Waals surface area contributed by atoms with Crippen LogP contribution in [0.4, 0.5) is 0 Å². The molecule has 0 amide bonds. The number of aromatic nitrogens is 1. The van der Waals surface area contributed by atoms with Crippen LogP contribution in [0.2, 0.25) is 0 Å². The predicted molar refractivity (Wildman–Crippen MR) is 84.6 cm³/mol. The highest BCUT2D eigenvalue weighted by molar-refractivity contribution is 5.27. The summed E-state index contributed by atoms with van der Waals surface area (Å²) in [4.78, 5) is 4.54. The molecule has 106 valence electrons. The Kier molecular flexibility index (Phi) is 5.31. The van der Waals surface area contributed by atoms with E-state index in [0.29, 0.717) is 12.0 Å². The lowest BCUT2D eigenvalue weighted by molar-refractivity contribution is 0.362. The van der Waals surface area contributed by atoms with Crippen LogP contribution in [-0.2, 0) is 0 Å². The van der Waals surface area contributed by atoms with E-state index in [0.717, 1.165) is 12.1 Å².